The van der Waals surface area contributed by atoms with Crippen LogP contribution in [0.1, 0.15) is 5.56 Å². The largest absolute Gasteiger partial charge is 0.347 e. The summed E-state index contributed by atoms with van der Waals surface area (Å²) >= 11 is 1.49. The van der Waals surface area contributed by atoms with E-state index in [0.29, 0.717) is 18.0 Å². The van der Waals surface area contributed by atoms with Gasteiger partial charge in [-0.05, 0) is 17.7 Å². The summed E-state index contributed by atoms with van der Waals surface area (Å²) in [5.74, 6) is 0.856. The summed E-state index contributed by atoms with van der Waals surface area (Å²) in [5.41, 5.74) is 4.31. The zero-order valence-electron chi connectivity index (χ0n) is 15.7. The Bertz CT molecular complexity index is 1050. The molecule has 4 rings (SSSR count). The van der Waals surface area contributed by atoms with Crippen molar-refractivity contribution in [3.8, 4) is 11.3 Å². The molecule has 0 aliphatic heterocycles. The first-order valence-electron chi connectivity index (χ1n) is 9.03. The fourth-order valence-corrected chi connectivity index (χ4v) is 3.56. The van der Waals surface area contributed by atoms with Crippen LogP contribution in [0.5, 0.6) is 0 Å². The summed E-state index contributed by atoms with van der Waals surface area (Å²) in [5, 5.41) is 8.80. The summed E-state index contributed by atoms with van der Waals surface area (Å²) in [7, 11) is 1.87. The van der Waals surface area contributed by atoms with Gasteiger partial charge in [-0.15, -0.1) is 11.3 Å². The first-order valence-corrected chi connectivity index (χ1v) is 9.98. The summed E-state index contributed by atoms with van der Waals surface area (Å²) in [6.45, 7) is 0. The van der Waals surface area contributed by atoms with Gasteiger partial charge in [-0.1, -0.05) is 35.5 Å². The van der Waals surface area contributed by atoms with Crippen molar-refractivity contribution in [1.29, 1.82) is 0 Å². The Morgan fingerprint density at radius 1 is 1.21 bits per heavy atom. The van der Waals surface area contributed by atoms with Crippen LogP contribution in [0.4, 0.5) is 11.7 Å². The van der Waals surface area contributed by atoms with Crippen molar-refractivity contribution in [2.24, 2.45) is 0 Å². The number of rotatable bonds is 7. The van der Waals surface area contributed by atoms with Gasteiger partial charge >= 0.3 is 0 Å². The van der Waals surface area contributed by atoms with Gasteiger partial charge in [-0.2, -0.15) is 0 Å². The standard InChI is InChI=1S/C21H19N5O2S/c1-26(19-13-29-14-23-19)18(11-15-5-3-2-4-6-15)21(27)24-20-12-17(25-28-20)16-7-9-22-10-8-16/h2-10,12-14,18H,11H2,1H3,(H,24,27)/t18-/m0/s1. The first kappa shape index (κ1) is 18.8. The minimum Gasteiger partial charge on any atom is -0.347 e. The fraction of sp³-hybridized carbons (Fsp3) is 0.143. The van der Waals surface area contributed by atoms with Gasteiger partial charge in [0.2, 0.25) is 11.8 Å². The smallest absolute Gasteiger partial charge is 0.249 e. The van der Waals surface area contributed by atoms with Crippen LogP contribution in [-0.2, 0) is 11.2 Å². The van der Waals surface area contributed by atoms with Crippen LogP contribution in [0, 0.1) is 0 Å². The molecular weight excluding hydrogens is 386 g/mol. The second-order valence-corrected chi connectivity index (χ2v) is 7.18. The van der Waals surface area contributed by atoms with Crippen LogP contribution < -0.4 is 10.2 Å². The number of carbonyl (C=O) groups is 1. The molecule has 0 radical (unpaired) electrons. The van der Waals surface area contributed by atoms with Crippen molar-refractivity contribution < 1.29 is 9.32 Å². The van der Waals surface area contributed by atoms with E-state index < -0.39 is 6.04 Å². The number of nitrogens with one attached hydrogen (secondary N) is 1. The van der Waals surface area contributed by atoms with Gasteiger partial charge in [0.15, 0.2) is 0 Å². The van der Waals surface area contributed by atoms with E-state index >= 15 is 0 Å². The fourth-order valence-electron chi connectivity index (χ4n) is 2.98. The molecular formula is C21H19N5O2S. The number of hydrogen-bond acceptors (Lipinski definition) is 7. The van der Waals surface area contributed by atoms with Crippen molar-refractivity contribution in [3.05, 3.63) is 77.4 Å². The highest BCUT2D eigenvalue weighted by molar-refractivity contribution is 7.07. The lowest BCUT2D eigenvalue weighted by molar-refractivity contribution is -0.117. The third-order valence-corrected chi connectivity index (χ3v) is 5.13. The topological polar surface area (TPSA) is 84.2 Å². The molecule has 0 spiro atoms. The molecule has 4 aromatic rings. The number of aromatic nitrogens is 3. The molecule has 0 fully saturated rings. The molecule has 1 amide bonds. The molecule has 0 saturated heterocycles. The molecule has 1 aromatic carbocycles. The van der Waals surface area contributed by atoms with Crippen molar-refractivity contribution in [1.82, 2.24) is 15.1 Å². The van der Waals surface area contributed by atoms with Crippen LogP contribution in [0.2, 0.25) is 0 Å². The van der Waals surface area contributed by atoms with E-state index in [9.17, 15) is 4.79 Å². The molecule has 29 heavy (non-hydrogen) atoms. The van der Waals surface area contributed by atoms with E-state index in [1.807, 2.05) is 59.8 Å². The Labute approximate surface area is 172 Å². The van der Waals surface area contributed by atoms with Crippen LogP contribution in [0.15, 0.2) is 76.3 Å². The SMILES string of the molecule is CN(c1cscn1)[C@@H](Cc1ccccc1)C(=O)Nc1cc(-c2ccncc2)no1. The van der Waals surface area contributed by atoms with Crippen LogP contribution >= 0.6 is 11.3 Å². The molecule has 0 bridgehead atoms. The lowest BCUT2D eigenvalue weighted by Crippen LogP contribution is -2.43. The summed E-state index contributed by atoms with van der Waals surface area (Å²) in [6, 6.07) is 14.8. The quantitative estimate of drug-likeness (QED) is 0.502. The predicted molar refractivity (Wildman–Crippen MR) is 113 cm³/mol. The number of carbonyl (C=O) groups excluding carboxylic acids is 1. The number of anilines is 2. The van der Waals surface area contributed by atoms with Gasteiger partial charge in [-0.25, -0.2) is 4.98 Å². The predicted octanol–water partition coefficient (Wildman–Crippen LogP) is 3.88. The lowest BCUT2D eigenvalue weighted by Gasteiger charge is -2.27. The zero-order chi connectivity index (χ0) is 20.1. The van der Waals surface area contributed by atoms with Crippen molar-refractivity contribution in [2.45, 2.75) is 12.5 Å². The van der Waals surface area contributed by atoms with Crippen molar-refractivity contribution in [3.63, 3.8) is 0 Å². The maximum Gasteiger partial charge on any atom is 0.249 e. The normalized spacial score (nSPS) is 11.8. The maximum absolute atomic E-state index is 13.1. The third kappa shape index (κ3) is 4.49. The summed E-state index contributed by atoms with van der Waals surface area (Å²) in [4.78, 5) is 23.3. The Morgan fingerprint density at radius 2 is 2.00 bits per heavy atom. The summed E-state index contributed by atoms with van der Waals surface area (Å²) in [6.07, 6.45) is 3.90. The molecule has 8 heteroatoms. The highest BCUT2D eigenvalue weighted by Gasteiger charge is 2.26. The number of thiazole rings is 1. The highest BCUT2D eigenvalue weighted by Crippen LogP contribution is 2.23. The van der Waals surface area contributed by atoms with E-state index in [-0.39, 0.29) is 5.91 Å². The Kier molecular flexibility index (Phi) is 5.62. The van der Waals surface area contributed by atoms with Gasteiger partial charge in [0.05, 0.1) is 5.51 Å². The van der Waals surface area contributed by atoms with Crippen LogP contribution in [0.25, 0.3) is 11.3 Å². The van der Waals surface area contributed by atoms with E-state index in [0.717, 1.165) is 16.9 Å². The van der Waals surface area contributed by atoms with Gasteiger partial charge < -0.3 is 9.42 Å². The number of pyridine rings is 1. The molecule has 3 aromatic heterocycles. The highest BCUT2D eigenvalue weighted by atomic mass is 32.1. The van der Waals surface area contributed by atoms with E-state index in [4.69, 9.17) is 4.52 Å². The van der Waals surface area contributed by atoms with Gasteiger partial charge in [-0.3, -0.25) is 15.1 Å². The Balaban J connectivity index is 1.54. The number of amides is 1. The molecule has 7 nitrogen and oxygen atoms in total. The molecule has 1 atom stereocenters. The van der Waals surface area contributed by atoms with Crippen molar-refractivity contribution >= 4 is 28.9 Å². The molecule has 3 heterocycles. The molecule has 146 valence electrons. The number of benzene rings is 1. The number of nitrogens with zero attached hydrogens (tertiary/aromatic N) is 4. The molecule has 0 aliphatic rings. The van der Waals surface area contributed by atoms with E-state index in [1.165, 1.54) is 11.3 Å². The average molecular weight is 405 g/mol. The van der Waals surface area contributed by atoms with Gasteiger partial charge in [0, 0.05) is 42.9 Å². The number of hydrogen-bond donors (Lipinski definition) is 1. The monoisotopic (exact) mass is 405 g/mol. The molecule has 0 saturated carbocycles. The first-order chi connectivity index (χ1) is 14.2. The van der Waals surface area contributed by atoms with E-state index in [1.54, 1.807) is 24.0 Å². The molecule has 0 unspecified atom stereocenters. The second kappa shape index (κ2) is 8.66. The number of likely N-dealkylation sites (N-methyl/N-ethyl adjacent to an activating group) is 1. The zero-order valence-corrected chi connectivity index (χ0v) is 16.5. The maximum atomic E-state index is 13.1. The third-order valence-electron chi connectivity index (χ3n) is 4.56. The Morgan fingerprint density at radius 3 is 2.72 bits per heavy atom. The molecule has 0 aliphatic carbocycles. The Hall–Kier alpha value is -3.52. The minimum absolute atomic E-state index is 0.193. The van der Waals surface area contributed by atoms with E-state index in [2.05, 4.69) is 20.4 Å². The van der Waals surface area contributed by atoms with Crippen LogP contribution in [0.3, 0.4) is 0 Å². The lowest BCUT2D eigenvalue weighted by atomic mass is 10.0. The van der Waals surface area contributed by atoms with Gasteiger partial charge in [0.25, 0.3) is 0 Å². The van der Waals surface area contributed by atoms with Crippen molar-refractivity contribution in [2.75, 3.05) is 17.3 Å². The molecule has 1 N–H and O–H groups in total. The average Bonchev–Trinajstić information content (AvgIpc) is 3.45. The van der Waals surface area contributed by atoms with Gasteiger partial charge in [0.1, 0.15) is 17.6 Å². The van der Waals surface area contributed by atoms with Crippen LogP contribution in [-0.4, -0.2) is 34.1 Å². The summed E-state index contributed by atoms with van der Waals surface area (Å²) < 4.78 is 5.33. The second-order valence-electron chi connectivity index (χ2n) is 6.46. The minimum atomic E-state index is -0.464.